The normalized spacial score (nSPS) is 47.3. The van der Waals surface area contributed by atoms with Crippen molar-refractivity contribution in [3.05, 3.63) is 23.5 Å². The van der Waals surface area contributed by atoms with Crippen LogP contribution in [0, 0.1) is 28.6 Å². The summed E-state index contributed by atoms with van der Waals surface area (Å²) >= 11 is 0. The smallest absolute Gasteiger partial charge is 0.0962 e. The van der Waals surface area contributed by atoms with E-state index in [1.54, 1.807) is 5.57 Å². The van der Waals surface area contributed by atoms with E-state index in [1.807, 2.05) is 0 Å². The van der Waals surface area contributed by atoms with Crippen molar-refractivity contribution in [2.75, 3.05) is 6.61 Å². The van der Waals surface area contributed by atoms with Crippen molar-refractivity contribution in [3.63, 3.8) is 0 Å². The van der Waals surface area contributed by atoms with Gasteiger partial charge < -0.3 is 9.84 Å². The first-order chi connectivity index (χ1) is 12.3. The molecule has 6 atom stereocenters. The molecule has 0 bridgehead atoms. The van der Waals surface area contributed by atoms with E-state index in [4.69, 9.17) is 4.74 Å². The molecular formula is C24H38O2. The summed E-state index contributed by atoms with van der Waals surface area (Å²) in [5, 5.41) is 11.0. The fourth-order valence-electron chi connectivity index (χ4n) is 7.00. The lowest BCUT2D eigenvalue weighted by molar-refractivity contribution is -0.112. The Morgan fingerprint density at radius 1 is 1.12 bits per heavy atom. The summed E-state index contributed by atoms with van der Waals surface area (Å²) in [6.07, 6.45) is 15.5. The molecule has 2 saturated carbocycles. The molecular weight excluding hydrogens is 320 g/mol. The highest BCUT2D eigenvalue weighted by Crippen LogP contribution is 2.66. The highest BCUT2D eigenvalue weighted by atomic mass is 16.5. The molecule has 4 aliphatic carbocycles. The fraction of sp³-hybridized carbons (Fsp3) is 0.833. The van der Waals surface area contributed by atoms with Gasteiger partial charge in [0.1, 0.15) is 0 Å². The van der Waals surface area contributed by atoms with E-state index >= 15 is 0 Å². The zero-order chi connectivity index (χ0) is 18.6. The van der Waals surface area contributed by atoms with Crippen molar-refractivity contribution in [1.82, 2.24) is 0 Å². The zero-order valence-electron chi connectivity index (χ0n) is 17.3. The average Bonchev–Trinajstić information content (AvgIpc) is 2.85. The second kappa shape index (κ2) is 6.40. The van der Waals surface area contributed by atoms with Crippen LogP contribution in [0.2, 0.25) is 0 Å². The molecule has 0 saturated heterocycles. The number of hydrogen-bond acceptors (Lipinski definition) is 2. The van der Waals surface area contributed by atoms with Crippen LogP contribution in [0.5, 0.6) is 0 Å². The molecule has 0 radical (unpaired) electrons. The Morgan fingerprint density at radius 2 is 1.88 bits per heavy atom. The fourth-order valence-corrected chi connectivity index (χ4v) is 7.00. The Morgan fingerprint density at radius 3 is 2.65 bits per heavy atom. The molecule has 0 aromatic carbocycles. The van der Waals surface area contributed by atoms with Gasteiger partial charge >= 0.3 is 0 Å². The Kier molecular flexibility index (Phi) is 4.58. The molecule has 0 spiro atoms. The van der Waals surface area contributed by atoms with Gasteiger partial charge in [0.2, 0.25) is 0 Å². The van der Waals surface area contributed by atoms with Crippen LogP contribution in [0.25, 0.3) is 0 Å². The van der Waals surface area contributed by atoms with Gasteiger partial charge in [-0.3, -0.25) is 0 Å². The van der Waals surface area contributed by atoms with E-state index in [2.05, 4.69) is 39.8 Å². The highest BCUT2D eigenvalue weighted by molar-refractivity contribution is 5.36. The molecule has 2 nitrogen and oxygen atoms in total. The molecule has 2 heteroatoms. The Hall–Kier alpha value is -0.760. The maximum absolute atomic E-state index is 11.0. The minimum Gasteiger partial charge on any atom is -0.498 e. The standard InChI is InChI=1S/C24H38O2/c1-5-6-15-26-18-9-12-22(2)17(16-18)7-8-19-20(22)10-13-23(3)21(19)11-14-24(23,4)25/h7,16,19-21,25H,5-6,8-15H2,1-4H3/t19-,20+,21+,22+,23+,24+/m1/s1. The third kappa shape index (κ3) is 2.62. The van der Waals surface area contributed by atoms with Crippen LogP contribution >= 0.6 is 0 Å². The van der Waals surface area contributed by atoms with E-state index in [-0.39, 0.29) is 5.41 Å². The van der Waals surface area contributed by atoms with Gasteiger partial charge in [0, 0.05) is 6.42 Å². The molecule has 0 aromatic heterocycles. The maximum atomic E-state index is 11.0. The minimum atomic E-state index is -0.472. The minimum absolute atomic E-state index is 0.120. The quantitative estimate of drug-likeness (QED) is 0.624. The van der Waals surface area contributed by atoms with Crippen LogP contribution in [0.3, 0.4) is 0 Å². The monoisotopic (exact) mass is 358 g/mol. The van der Waals surface area contributed by atoms with Crippen LogP contribution in [0.1, 0.15) is 85.5 Å². The van der Waals surface area contributed by atoms with Gasteiger partial charge in [0.25, 0.3) is 0 Å². The summed E-state index contributed by atoms with van der Waals surface area (Å²) in [5.74, 6) is 3.44. The summed E-state index contributed by atoms with van der Waals surface area (Å²) in [6, 6.07) is 0. The van der Waals surface area contributed by atoms with Gasteiger partial charge in [-0.25, -0.2) is 0 Å². The molecule has 0 heterocycles. The Bertz CT molecular complexity index is 616. The maximum Gasteiger partial charge on any atom is 0.0962 e. The summed E-state index contributed by atoms with van der Waals surface area (Å²) in [4.78, 5) is 0. The van der Waals surface area contributed by atoms with E-state index in [9.17, 15) is 5.11 Å². The number of hydrogen-bond donors (Lipinski definition) is 1. The molecule has 0 unspecified atom stereocenters. The van der Waals surface area contributed by atoms with E-state index < -0.39 is 5.60 Å². The van der Waals surface area contributed by atoms with Crippen LogP contribution < -0.4 is 0 Å². The number of unbranched alkanes of at least 4 members (excludes halogenated alkanes) is 1. The molecule has 2 fully saturated rings. The SMILES string of the molecule is CCCCOC1=CC2=CC[C@@H]3[C@H](CC[C@@]4(C)[C@H]3CC[C@]4(C)O)[C@@]2(C)CC1. The molecule has 0 aliphatic heterocycles. The summed E-state index contributed by atoms with van der Waals surface area (Å²) in [7, 11) is 0. The van der Waals surface area contributed by atoms with Crippen LogP contribution in [-0.4, -0.2) is 17.3 Å². The van der Waals surface area contributed by atoms with E-state index in [0.29, 0.717) is 11.3 Å². The topological polar surface area (TPSA) is 29.5 Å². The second-order valence-corrected chi connectivity index (χ2v) is 10.3. The Balaban J connectivity index is 1.58. The van der Waals surface area contributed by atoms with Crippen LogP contribution in [0.4, 0.5) is 0 Å². The first-order valence-electron chi connectivity index (χ1n) is 11.1. The van der Waals surface area contributed by atoms with Crippen molar-refractivity contribution < 1.29 is 9.84 Å². The van der Waals surface area contributed by atoms with Gasteiger partial charge in [-0.1, -0.05) is 33.3 Å². The summed E-state index contributed by atoms with van der Waals surface area (Å²) in [6.45, 7) is 10.1. The lowest BCUT2D eigenvalue weighted by atomic mass is 9.47. The molecule has 4 aliphatic rings. The molecule has 0 aromatic rings. The zero-order valence-corrected chi connectivity index (χ0v) is 17.3. The van der Waals surface area contributed by atoms with E-state index in [1.165, 1.54) is 44.3 Å². The van der Waals surface area contributed by atoms with Gasteiger partial charge in [0.05, 0.1) is 18.0 Å². The lowest BCUT2D eigenvalue weighted by Crippen LogP contribution is -2.53. The van der Waals surface area contributed by atoms with Gasteiger partial charge in [-0.15, -0.1) is 0 Å². The molecule has 0 amide bonds. The second-order valence-electron chi connectivity index (χ2n) is 10.3. The van der Waals surface area contributed by atoms with Crippen molar-refractivity contribution in [2.24, 2.45) is 28.6 Å². The predicted molar refractivity (Wildman–Crippen MR) is 107 cm³/mol. The number of aliphatic hydroxyl groups is 1. The predicted octanol–water partition coefficient (Wildman–Crippen LogP) is 6.01. The number of rotatable bonds is 4. The lowest BCUT2D eigenvalue weighted by Gasteiger charge is -2.57. The largest absolute Gasteiger partial charge is 0.498 e. The van der Waals surface area contributed by atoms with E-state index in [0.717, 1.165) is 37.7 Å². The highest BCUT2D eigenvalue weighted by Gasteiger charge is 2.61. The van der Waals surface area contributed by atoms with Crippen LogP contribution in [-0.2, 0) is 4.74 Å². The number of allylic oxidation sites excluding steroid dienone is 4. The van der Waals surface area contributed by atoms with Crippen molar-refractivity contribution in [3.8, 4) is 0 Å². The molecule has 4 rings (SSSR count). The number of ether oxygens (including phenoxy) is 1. The average molecular weight is 359 g/mol. The Labute approximate surface area is 160 Å². The third-order valence-electron chi connectivity index (χ3n) is 9.08. The van der Waals surface area contributed by atoms with Gasteiger partial charge in [-0.2, -0.15) is 0 Å². The van der Waals surface area contributed by atoms with Crippen molar-refractivity contribution in [2.45, 2.75) is 91.1 Å². The van der Waals surface area contributed by atoms with Crippen molar-refractivity contribution in [1.29, 1.82) is 0 Å². The molecule has 1 N–H and O–H groups in total. The molecule has 146 valence electrons. The summed E-state index contributed by atoms with van der Waals surface area (Å²) in [5.41, 5.74) is 1.51. The van der Waals surface area contributed by atoms with Crippen molar-refractivity contribution >= 4 is 0 Å². The van der Waals surface area contributed by atoms with Gasteiger partial charge in [-0.05, 0) is 92.1 Å². The van der Waals surface area contributed by atoms with Gasteiger partial charge in [0.15, 0.2) is 0 Å². The first-order valence-corrected chi connectivity index (χ1v) is 11.1. The number of fused-ring (bicyclic) bond motifs is 5. The first kappa shape index (κ1) is 18.6. The molecule has 26 heavy (non-hydrogen) atoms. The third-order valence-corrected chi connectivity index (χ3v) is 9.08. The summed E-state index contributed by atoms with van der Waals surface area (Å²) < 4.78 is 6.05. The van der Waals surface area contributed by atoms with Crippen LogP contribution in [0.15, 0.2) is 23.5 Å².